The van der Waals surface area contributed by atoms with Crippen molar-refractivity contribution >= 4 is 22.8 Å². The topological polar surface area (TPSA) is 142 Å². The molecule has 1 aliphatic rings. The Hall–Kier alpha value is -2.97. The number of pyridine rings is 1. The van der Waals surface area contributed by atoms with Crippen LogP contribution in [0.1, 0.15) is 16.8 Å². The molecule has 1 atom stereocenters. The Balaban J connectivity index is 1.94. The molecule has 9 heteroatoms. The van der Waals surface area contributed by atoms with Gasteiger partial charge in [-0.1, -0.05) is 0 Å². The van der Waals surface area contributed by atoms with Crippen molar-refractivity contribution in [2.75, 3.05) is 13.1 Å². The Kier molecular flexibility index (Phi) is 3.24. The minimum absolute atomic E-state index is 0.113. The molecule has 3 heterocycles. The normalized spacial score (nSPS) is 17.8. The van der Waals surface area contributed by atoms with Gasteiger partial charge in [-0.25, -0.2) is 9.78 Å². The minimum atomic E-state index is -0.659. The maximum absolute atomic E-state index is 12.4. The highest BCUT2D eigenvalue weighted by atomic mass is 16.2. The number of aromatic nitrogens is 3. The van der Waals surface area contributed by atoms with Gasteiger partial charge in [-0.05, 0) is 12.5 Å². The molecular formula is C13H13N5O4. The lowest BCUT2D eigenvalue weighted by Crippen LogP contribution is -2.32. The molecule has 9 nitrogen and oxygen atoms in total. The van der Waals surface area contributed by atoms with Gasteiger partial charge in [-0.15, -0.1) is 0 Å². The standard InChI is InChI=1S/C13H13N5O4/c14-9(19)6-1-2-18(5-6)12(21)7-3-8-10(15-4-7)16-13(22)17-11(8)20/h3-4,6H,1-2,5H2,(H2,14,19)(H2,15,16,17,20,22)/t6-/m0/s1. The Labute approximate surface area is 123 Å². The number of hydrogen-bond donors (Lipinski definition) is 3. The van der Waals surface area contributed by atoms with Crippen molar-refractivity contribution in [3.63, 3.8) is 0 Å². The van der Waals surface area contributed by atoms with E-state index in [0.717, 1.165) is 0 Å². The highest BCUT2D eigenvalue weighted by Gasteiger charge is 2.30. The number of primary amides is 1. The van der Waals surface area contributed by atoms with Crippen molar-refractivity contribution in [2.45, 2.75) is 6.42 Å². The van der Waals surface area contributed by atoms with E-state index in [4.69, 9.17) is 5.73 Å². The Bertz CT molecular complexity index is 884. The third-order valence-corrected chi connectivity index (χ3v) is 3.72. The van der Waals surface area contributed by atoms with Crippen molar-refractivity contribution in [3.05, 3.63) is 38.7 Å². The number of carbonyl (C=O) groups is 2. The number of likely N-dealkylation sites (tertiary alicyclic amines) is 1. The number of rotatable bonds is 2. The summed E-state index contributed by atoms with van der Waals surface area (Å²) in [5.74, 6) is -1.11. The van der Waals surface area contributed by atoms with Crippen LogP contribution < -0.4 is 17.0 Å². The number of fused-ring (bicyclic) bond motifs is 1. The van der Waals surface area contributed by atoms with Gasteiger partial charge in [0.25, 0.3) is 11.5 Å². The van der Waals surface area contributed by atoms with E-state index in [2.05, 4.69) is 15.0 Å². The highest BCUT2D eigenvalue weighted by Crippen LogP contribution is 2.18. The Morgan fingerprint density at radius 3 is 2.77 bits per heavy atom. The molecule has 0 saturated carbocycles. The zero-order chi connectivity index (χ0) is 15.9. The lowest BCUT2D eigenvalue weighted by atomic mass is 10.1. The van der Waals surface area contributed by atoms with Crippen molar-refractivity contribution < 1.29 is 9.59 Å². The maximum atomic E-state index is 12.4. The summed E-state index contributed by atoms with van der Waals surface area (Å²) in [6.07, 6.45) is 1.81. The summed E-state index contributed by atoms with van der Waals surface area (Å²) in [4.78, 5) is 56.3. The van der Waals surface area contributed by atoms with Crippen molar-refractivity contribution in [3.8, 4) is 0 Å². The monoisotopic (exact) mass is 303 g/mol. The second-order valence-corrected chi connectivity index (χ2v) is 5.17. The van der Waals surface area contributed by atoms with Gasteiger partial charge < -0.3 is 10.6 Å². The molecule has 3 rings (SSSR count). The van der Waals surface area contributed by atoms with Crippen LogP contribution in [0, 0.1) is 5.92 Å². The first-order chi connectivity index (χ1) is 10.5. The van der Waals surface area contributed by atoms with Crippen molar-refractivity contribution in [1.29, 1.82) is 0 Å². The second kappa shape index (κ2) is 5.10. The molecule has 0 bridgehead atoms. The fraction of sp³-hybridized carbons (Fsp3) is 0.308. The first-order valence-electron chi connectivity index (χ1n) is 6.66. The molecule has 114 valence electrons. The summed E-state index contributed by atoms with van der Waals surface area (Å²) in [7, 11) is 0. The van der Waals surface area contributed by atoms with Crippen LogP contribution in [0.4, 0.5) is 0 Å². The first-order valence-corrected chi connectivity index (χ1v) is 6.66. The summed E-state index contributed by atoms with van der Waals surface area (Å²) >= 11 is 0. The first kappa shape index (κ1) is 14.0. The van der Waals surface area contributed by atoms with E-state index in [1.165, 1.54) is 17.2 Å². The number of amides is 2. The lowest BCUT2D eigenvalue weighted by Gasteiger charge is -2.15. The number of aromatic amines is 2. The molecule has 1 aliphatic heterocycles. The molecule has 22 heavy (non-hydrogen) atoms. The molecule has 2 aromatic heterocycles. The van der Waals surface area contributed by atoms with Crippen molar-refractivity contribution in [1.82, 2.24) is 19.9 Å². The molecule has 0 aliphatic carbocycles. The smallest absolute Gasteiger partial charge is 0.327 e. The zero-order valence-corrected chi connectivity index (χ0v) is 11.5. The Morgan fingerprint density at radius 1 is 1.32 bits per heavy atom. The van der Waals surface area contributed by atoms with Crippen LogP contribution in [0.3, 0.4) is 0 Å². The molecular weight excluding hydrogens is 290 g/mol. The molecule has 0 spiro atoms. The van der Waals surface area contributed by atoms with Gasteiger partial charge in [0.1, 0.15) is 5.65 Å². The van der Waals surface area contributed by atoms with Gasteiger partial charge in [-0.3, -0.25) is 24.4 Å². The van der Waals surface area contributed by atoms with E-state index >= 15 is 0 Å². The molecule has 0 radical (unpaired) electrons. The number of nitrogens with two attached hydrogens (primary N) is 1. The summed E-state index contributed by atoms with van der Waals surface area (Å²) < 4.78 is 0. The minimum Gasteiger partial charge on any atom is -0.369 e. The van der Waals surface area contributed by atoms with Gasteiger partial charge in [0.15, 0.2) is 0 Å². The van der Waals surface area contributed by atoms with E-state index in [0.29, 0.717) is 13.0 Å². The van der Waals surface area contributed by atoms with Gasteiger partial charge in [-0.2, -0.15) is 0 Å². The fourth-order valence-corrected chi connectivity index (χ4v) is 2.52. The Morgan fingerprint density at radius 2 is 2.09 bits per heavy atom. The summed E-state index contributed by atoms with van der Waals surface area (Å²) in [6, 6.07) is 1.37. The molecule has 4 N–H and O–H groups in total. The van der Waals surface area contributed by atoms with Crippen LogP contribution in [0.15, 0.2) is 21.9 Å². The third kappa shape index (κ3) is 2.36. The zero-order valence-electron chi connectivity index (χ0n) is 11.5. The molecule has 0 unspecified atom stereocenters. The van der Waals surface area contributed by atoms with E-state index in [1.807, 2.05) is 0 Å². The van der Waals surface area contributed by atoms with Gasteiger partial charge in [0.2, 0.25) is 5.91 Å². The summed E-state index contributed by atoms with van der Waals surface area (Å²) in [6.45, 7) is 0.681. The molecule has 0 aromatic carbocycles. The number of nitrogens with one attached hydrogen (secondary N) is 2. The van der Waals surface area contributed by atoms with E-state index in [-0.39, 0.29) is 35.0 Å². The molecule has 1 saturated heterocycles. The number of hydrogen-bond acceptors (Lipinski definition) is 5. The summed E-state index contributed by atoms with van der Waals surface area (Å²) in [5.41, 5.74) is 4.30. The van der Waals surface area contributed by atoms with Gasteiger partial charge in [0, 0.05) is 19.3 Å². The number of carbonyl (C=O) groups excluding carboxylic acids is 2. The van der Waals surface area contributed by atoms with Crippen LogP contribution >= 0.6 is 0 Å². The average molecular weight is 303 g/mol. The third-order valence-electron chi connectivity index (χ3n) is 3.72. The summed E-state index contributed by atoms with van der Waals surface area (Å²) in [5, 5.41) is 0.121. The van der Waals surface area contributed by atoms with Gasteiger partial charge in [0.05, 0.1) is 16.9 Å². The largest absolute Gasteiger partial charge is 0.369 e. The highest BCUT2D eigenvalue weighted by molar-refractivity contribution is 5.97. The molecule has 2 amide bonds. The molecule has 2 aromatic rings. The number of nitrogens with zero attached hydrogens (tertiary/aromatic N) is 2. The van der Waals surface area contributed by atoms with Gasteiger partial charge >= 0.3 is 5.69 Å². The van der Waals surface area contributed by atoms with Crippen LogP contribution in [0.25, 0.3) is 11.0 Å². The van der Waals surface area contributed by atoms with Crippen LogP contribution in [-0.2, 0) is 4.79 Å². The van der Waals surface area contributed by atoms with Crippen LogP contribution in [0.2, 0.25) is 0 Å². The predicted octanol–water partition coefficient (Wildman–Crippen LogP) is -1.44. The average Bonchev–Trinajstić information content (AvgIpc) is 2.96. The maximum Gasteiger partial charge on any atom is 0.327 e. The predicted molar refractivity (Wildman–Crippen MR) is 76.2 cm³/mol. The van der Waals surface area contributed by atoms with E-state index in [9.17, 15) is 19.2 Å². The lowest BCUT2D eigenvalue weighted by molar-refractivity contribution is -0.121. The molecule has 1 fully saturated rings. The fourth-order valence-electron chi connectivity index (χ4n) is 2.52. The SMILES string of the molecule is NC(=O)[C@H]1CCN(C(=O)c2cnc3[nH]c(=O)[nH]c(=O)c3c2)C1. The van der Waals surface area contributed by atoms with Crippen molar-refractivity contribution in [2.24, 2.45) is 11.7 Å². The second-order valence-electron chi connectivity index (χ2n) is 5.17. The van der Waals surface area contributed by atoms with E-state index < -0.39 is 17.2 Å². The van der Waals surface area contributed by atoms with Crippen LogP contribution in [-0.4, -0.2) is 44.8 Å². The van der Waals surface area contributed by atoms with E-state index in [1.54, 1.807) is 0 Å². The van der Waals surface area contributed by atoms with Crippen LogP contribution in [0.5, 0.6) is 0 Å². The number of H-pyrrole nitrogens is 2. The quantitative estimate of drug-likeness (QED) is 0.622.